The van der Waals surface area contributed by atoms with E-state index in [1.165, 1.54) is 0 Å². The van der Waals surface area contributed by atoms with Gasteiger partial charge >= 0.3 is 5.69 Å². The molecule has 0 unspecified atom stereocenters. The second-order valence-corrected chi connectivity index (χ2v) is 6.34. The highest BCUT2D eigenvalue weighted by atomic mass is 79.9. The molecule has 1 amide bonds. The number of amides is 1. The van der Waals surface area contributed by atoms with E-state index < -0.39 is 0 Å². The van der Waals surface area contributed by atoms with Crippen LogP contribution in [0.15, 0.2) is 45.7 Å². The summed E-state index contributed by atoms with van der Waals surface area (Å²) in [5, 5.41) is 2.92. The number of nitrogens with zero attached hydrogens (tertiary/aromatic N) is 2. The normalized spacial score (nSPS) is 11.0. The van der Waals surface area contributed by atoms with Gasteiger partial charge in [-0.15, -0.1) is 0 Å². The maximum absolute atomic E-state index is 12.5. The summed E-state index contributed by atoms with van der Waals surface area (Å²) in [6.45, 7) is 1.91. The number of rotatable bonds is 2. The molecule has 0 saturated carbocycles. The Morgan fingerprint density at radius 1 is 1.09 bits per heavy atom. The van der Waals surface area contributed by atoms with Crippen molar-refractivity contribution in [1.29, 1.82) is 0 Å². The standard InChI is InChI=1S/C17H16BrN3O2/c1-10-8-14-15(21(3)17(23)20(14)2)9-13(10)19-16(22)11-6-4-5-7-12(11)18/h4-9H,1-3H3,(H,19,22). The summed E-state index contributed by atoms with van der Waals surface area (Å²) in [4.78, 5) is 24.5. The predicted molar refractivity (Wildman–Crippen MR) is 95.0 cm³/mol. The van der Waals surface area contributed by atoms with Gasteiger partial charge in [0, 0.05) is 24.3 Å². The fraction of sp³-hybridized carbons (Fsp3) is 0.176. The lowest BCUT2D eigenvalue weighted by Gasteiger charge is -2.10. The molecule has 0 fully saturated rings. The Balaban J connectivity index is 2.05. The number of anilines is 1. The molecule has 0 saturated heterocycles. The smallest absolute Gasteiger partial charge is 0.322 e. The van der Waals surface area contributed by atoms with Gasteiger partial charge in [0.05, 0.1) is 16.6 Å². The lowest BCUT2D eigenvalue weighted by atomic mass is 10.1. The van der Waals surface area contributed by atoms with Crippen molar-refractivity contribution in [3.63, 3.8) is 0 Å². The molecule has 0 spiro atoms. The number of nitrogens with one attached hydrogen (secondary N) is 1. The highest BCUT2D eigenvalue weighted by molar-refractivity contribution is 9.10. The van der Waals surface area contributed by atoms with Crippen molar-refractivity contribution in [1.82, 2.24) is 9.13 Å². The van der Waals surface area contributed by atoms with Crippen LogP contribution < -0.4 is 11.0 Å². The summed E-state index contributed by atoms with van der Waals surface area (Å²) in [5.41, 5.74) is 3.70. The molecule has 1 aromatic heterocycles. The van der Waals surface area contributed by atoms with Crippen LogP contribution in [0.3, 0.4) is 0 Å². The van der Waals surface area contributed by atoms with Gasteiger partial charge in [0.2, 0.25) is 0 Å². The van der Waals surface area contributed by atoms with Gasteiger partial charge in [-0.3, -0.25) is 13.9 Å². The number of carbonyl (C=O) groups excluding carboxylic acids is 1. The van der Waals surface area contributed by atoms with Gasteiger partial charge in [-0.25, -0.2) is 4.79 Å². The van der Waals surface area contributed by atoms with Crippen LogP contribution in [0, 0.1) is 6.92 Å². The molecule has 0 bridgehead atoms. The molecule has 118 valence electrons. The third-order valence-corrected chi connectivity index (χ3v) is 4.68. The monoisotopic (exact) mass is 373 g/mol. The van der Waals surface area contributed by atoms with Crippen LogP contribution in [0.2, 0.25) is 0 Å². The summed E-state index contributed by atoms with van der Waals surface area (Å²) >= 11 is 3.38. The van der Waals surface area contributed by atoms with Gasteiger partial charge in [0.15, 0.2) is 0 Å². The fourth-order valence-corrected chi connectivity index (χ4v) is 3.08. The lowest BCUT2D eigenvalue weighted by molar-refractivity contribution is 0.102. The first-order valence-electron chi connectivity index (χ1n) is 7.12. The number of halogens is 1. The highest BCUT2D eigenvalue weighted by Crippen LogP contribution is 2.24. The first kappa shape index (κ1) is 15.6. The molecule has 1 heterocycles. The average Bonchev–Trinajstić information content (AvgIpc) is 2.73. The molecule has 0 aliphatic heterocycles. The van der Waals surface area contributed by atoms with Gasteiger partial charge in [-0.05, 0) is 52.7 Å². The Labute approximate surface area is 141 Å². The van der Waals surface area contributed by atoms with Crippen LogP contribution in [0.1, 0.15) is 15.9 Å². The Bertz CT molecular complexity index is 985. The largest absolute Gasteiger partial charge is 0.328 e. The van der Waals surface area contributed by atoms with Crippen LogP contribution in [-0.2, 0) is 14.1 Å². The van der Waals surface area contributed by atoms with Gasteiger partial charge in [0.25, 0.3) is 5.91 Å². The van der Waals surface area contributed by atoms with E-state index in [-0.39, 0.29) is 11.6 Å². The van der Waals surface area contributed by atoms with Gasteiger partial charge in [-0.1, -0.05) is 12.1 Å². The van der Waals surface area contributed by atoms with Crippen molar-refractivity contribution in [2.45, 2.75) is 6.92 Å². The number of aryl methyl sites for hydroxylation is 3. The molecule has 2 aromatic carbocycles. The molecule has 0 atom stereocenters. The third-order valence-electron chi connectivity index (χ3n) is 3.98. The summed E-state index contributed by atoms with van der Waals surface area (Å²) < 4.78 is 3.91. The van der Waals surface area contributed by atoms with Crippen molar-refractivity contribution in [3.8, 4) is 0 Å². The molecule has 0 aliphatic carbocycles. The van der Waals surface area contributed by atoms with Gasteiger partial charge < -0.3 is 5.32 Å². The Hall–Kier alpha value is -2.34. The minimum Gasteiger partial charge on any atom is -0.322 e. The van der Waals surface area contributed by atoms with E-state index in [0.717, 1.165) is 21.1 Å². The van der Waals surface area contributed by atoms with Crippen LogP contribution in [0.5, 0.6) is 0 Å². The van der Waals surface area contributed by atoms with Crippen molar-refractivity contribution >= 4 is 38.6 Å². The molecule has 3 rings (SSSR count). The van der Waals surface area contributed by atoms with Crippen LogP contribution in [0.25, 0.3) is 11.0 Å². The second kappa shape index (κ2) is 5.70. The molecule has 5 nitrogen and oxygen atoms in total. The van der Waals surface area contributed by atoms with E-state index in [9.17, 15) is 9.59 Å². The number of carbonyl (C=O) groups is 1. The molecule has 0 radical (unpaired) electrons. The number of fused-ring (bicyclic) bond motifs is 1. The number of aromatic nitrogens is 2. The Morgan fingerprint density at radius 2 is 1.70 bits per heavy atom. The van der Waals surface area contributed by atoms with Gasteiger partial charge in [-0.2, -0.15) is 0 Å². The molecule has 3 aromatic rings. The number of hydrogen-bond acceptors (Lipinski definition) is 2. The lowest BCUT2D eigenvalue weighted by Crippen LogP contribution is -2.19. The molecular weight excluding hydrogens is 358 g/mol. The Morgan fingerprint density at radius 3 is 2.35 bits per heavy atom. The van der Waals surface area contributed by atoms with Crippen molar-refractivity contribution in [2.75, 3.05) is 5.32 Å². The molecule has 6 heteroatoms. The number of hydrogen-bond donors (Lipinski definition) is 1. The first-order chi connectivity index (χ1) is 10.9. The number of imidazole rings is 1. The zero-order valence-corrected chi connectivity index (χ0v) is 14.6. The second-order valence-electron chi connectivity index (χ2n) is 5.49. The van der Waals surface area contributed by atoms with Crippen LogP contribution in [-0.4, -0.2) is 15.0 Å². The maximum Gasteiger partial charge on any atom is 0.328 e. The number of benzene rings is 2. The molecule has 23 heavy (non-hydrogen) atoms. The molecule has 0 aliphatic rings. The van der Waals surface area contributed by atoms with E-state index in [0.29, 0.717) is 11.3 Å². The van der Waals surface area contributed by atoms with Crippen molar-refractivity contribution < 1.29 is 4.79 Å². The summed E-state index contributed by atoms with van der Waals surface area (Å²) in [7, 11) is 3.46. The zero-order valence-electron chi connectivity index (χ0n) is 13.1. The topological polar surface area (TPSA) is 56.0 Å². The summed E-state index contributed by atoms with van der Waals surface area (Å²) in [6, 6.07) is 11.0. The van der Waals surface area contributed by atoms with E-state index in [4.69, 9.17) is 0 Å². The average molecular weight is 374 g/mol. The van der Waals surface area contributed by atoms with Gasteiger partial charge in [0.1, 0.15) is 0 Å². The highest BCUT2D eigenvalue weighted by Gasteiger charge is 2.14. The first-order valence-corrected chi connectivity index (χ1v) is 7.91. The van der Waals surface area contributed by atoms with Crippen LogP contribution >= 0.6 is 15.9 Å². The minimum atomic E-state index is -0.194. The SMILES string of the molecule is Cc1cc2c(cc1NC(=O)c1ccccc1Br)n(C)c(=O)n2C. The van der Waals surface area contributed by atoms with Crippen LogP contribution in [0.4, 0.5) is 5.69 Å². The molecule has 1 N–H and O–H groups in total. The van der Waals surface area contributed by atoms with Crippen molar-refractivity contribution in [2.24, 2.45) is 14.1 Å². The summed E-state index contributed by atoms with van der Waals surface area (Å²) in [6.07, 6.45) is 0. The maximum atomic E-state index is 12.5. The summed E-state index contributed by atoms with van der Waals surface area (Å²) in [5.74, 6) is -0.194. The quantitative estimate of drug-likeness (QED) is 0.749. The Kier molecular flexibility index (Phi) is 3.85. The molecular formula is C17H16BrN3O2. The zero-order chi connectivity index (χ0) is 16.7. The predicted octanol–water partition coefficient (Wildman–Crippen LogP) is 3.20. The van der Waals surface area contributed by atoms with E-state index in [1.807, 2.05) is 37.3 Å². The van der Waals surface area contributed by atoms with E-state index in [1.54, 1.807) is 29.3 Å². The fourth-order valence-electron chi connectivity index (χ4n) is 2.62. The third kappa shape index (κ3) is 2.59. The van der Waals surface area contributed by atoms with E-state index >= 15 is 0 Å². The van der Waals surface area contributed by atoms with E-state index in [2.05, 4.69) is 21.2 Å². The minimum absolute atomic E-state index is 0.0892. The van der Waals surface area contributed by atoms with Crippen molar-refractivity contribution in [3.05, 3.63) is 62.5 Å².